The maximum Gasteiger partial charge on any atom is 0.349 e. The van der Waals surface area contributed by atoms with E-state index in [1.807, 2.05) is 0 Å². The van der Waals surface area contributed by atoms with Crippen molar-refractivity contribution in [3.05, 3.63) is 22.4 Å². The first-order chi connectivity index (χ1) is 9.65. The van der Waals surface area contributed by atoms with E-state index in [9.17, 15) is 9.59 Å². The van der Waals surface area contributed by atoms with Gasteiger partial charge in [0, 0.05) is 25.1 Å². The highest BCUT2D eigenvalue weighted by Crippen LogP contribution is 2.28. The SMILES string of the molecule is Cc1nc(NCCNC(=O)C2CC2)cc2n[nH]c(=O)n12. The highest BCUT2D eigenvalue weighted by molar-refractivity contribution is 5.80. The summed E-state index contributed by atoms with van der Waals surface area (Å²) in [6, 6.07) is 1.69. The van der Waals surface area contributed by atoms with Gasteiger partial charge in [-0.05, 0) is 19.8 Å². The van der Waals surface area contributed by atoms with Crippen LogP contribution in [0.2, 0.25) is 0 Å². The van der Waals surface area contributed by atoms with Crippen molar-refractivity contribution >= 4 is 17.4 Å². The molecule has 8 nitrogen and oxygen atoms in total. The van der Waals surface area contributed by atoms with Gasteiger partial charge >= 0.3 is 5.69 Å². The second-order valence-electron chi connectivity index (χ2n) is 4.90. The lowest BCUT2D eigenvalue weighted by atomic mass is 10.4. The van der Waals surface area contributed by atoms with E-state index in [-0.39, 0.29) is 17.5 Å². The zero-order chi connectivity index (χ0) is 14.1. The highest BCUT2D eigenvalue weighted by atomic mass is 16.2. The Morgan fingerprint density at radius 2 is 2.30 bits per heavy atom. The Morgan fingerprint density at radius 3 is 3.05 bits per heavy atom. The molecule has 2 aromatic heterocycles. The second-order valence-corrected chi connectivity index (χ2v) is 4.90. The lowest BCUT2D eigenvalue weighted by Crippen LogP contribution is -2.30. The van der Waals surface area contributed by atoms with Gasteiger partial charge in [-0.3, -0.25) is 4.79 Å². The van der Waals surface area contributed by atoms with Crippen molar-refractivity contribution in [2.75, 3.05) is 18.4 Å². The first-order valence-corrected chi connectivity index (χ1v) is 6.61. The summed E-state index contributed by atoms with van der Waals surface area (Å²) in [7, 11) is 0. The standard InChI is InChI=1S/C12H16N6O2/c1-7-15-9(6-10-16-17-12(20)18(7)10)13-4-5-14-11(19)8-2-3-8/h6,8,13H,2-5H2,1H3,(H,14,19)(H,17,20). The number of carbonyl (C=O) groups is 1. The molecule has 2 aromatic rings. The van der Waals surface area contributed by atoms with Crippen molar-refractivity contribution in [1.82, 2.24) is 24.9 Å². The van der Waals surface area contributed by atoms with Gasteiger partial charge in [-0.1, -0.05) is 0 Å². The Balaban J connectivity index is 1.59. The molecule has 0 saturated heterocycles. The molecule has 1 aliphatic rings. The normalized spacial score (nSPS) is 14.4. The number of hydrogen-bond acceptors (Lipinski definition) is 5. The molecule has 3 rings (SSSR count). The fraction of sp³-hybridized carbons (Fsp3) is 0.500. The quantitative estimate of drug-likeness (QED) is 0.648. The number of aryl methyl sites for hydroxylation is 1. The summed E-state index contributed by atoms with van der Waals surface area (Å²) in [5.41, 5.74) is 0.222. The average molecular weight is 276 g/mol. The van der Waals surface area contributed by atoms with Crippen molar-refractivity contribution < 1.29 is 4.79 Å². The van der Waals surface area contributed by atoms with Crippen LogP contribution in [-0.2, 0) is 4.79 Å². The number of hydrogen-bond donors (Lipinski definition) is 3. The van der Waals surface area contributed by atoms with E-state index in [1.165, 1.54) is 4.40 Å². The van der Waals surface area contributed by atoms with E-state index in [2.05, 4.69) is 25.8 Å². The molecule has 1 amide bonds. The fourth-order valence-corrected chi connectivity index (χ4v) is 2.05. The minimum Gasteiger partial charge on any atom is -0.368 e. The van der Waals surface area contributed by atoms with Gasteiger partial charge in [0.2, 0.25) is 5.91 Å². The number of nitrogens with zero attached hydrogens (tertiary/aromatic N) is 3. The molecule has 1 saturated carbocycles. The van der Waals surface area contributed by atoms with E-state index in [0.717, 1.165) is 12.8 Å². The third kappa shape index (κ3) is 2.49. The Kier molecular flexibility index (Phi) is 3.13. The van der Waals surface area contributed by atoms with Gasteiger partial charge in [-0.2, -0.15) is 5.10 Å². The molecular weight excluding hydrogens is 260 g/mol. The molecule has 1 fully saturated rings. The third-order valence-electron chi connectivity index (χ3n) is 3.25. The number of carbonyl (C=O) groups excluding carboxylic acids is 1. The topological polar surface area (TPSA) is 104 Å². The van der Waals surface area contributed by atoms with Crippen molar-refractivity contribution in [2.24, 2.45) is 5.92 Å². The molecule has 0 spiro atoms. The first-order valence-electron chi connectivity index (χ1n) is 6.61. The Bertz CT molecular complexity index is 700. The Hall–Kier alpha value is -2.38. The number of rotatable bonds is 5. The summed E-state index contributed by atoms with van der Waals surface area (Å²) in [6.45, 7) is 2.87. The highest BCUT2D eigenvalue weighted by Gasteiger charge is 2.28. The smallest absolute Gasteiger partial charge is 0.349 e. The van der Waals surface area contributed by atoms with E-state index in [1.54, 1.807) is 13.0 Å². The van der Waals surface area contributed by atoms with Gasteiger partial charge < -0.3 is 10.6 Å². The molecule has 0 radical (unpaired) electrons. The van der Waals surface area contributed by atoms with Gasteiger partial charge in [0.1, 0.15) is 11.6 Å². The predicted molar refractivity (Wildman–Crippen MR) is 72.6 cm³/mol. The van der Waals surface area contributed by atoms with Crippen molar-refractivity contribution in [3.8, 4) is 0 Å². The maximum atomic E-state index is 11.5. The summed E-state index contributed by atoms with van der Waals surface area (Å²) in [5.74, 6) is 1.55. The second kappa shape index (κ2) is 4.95. The molecular formula is C12H16N6O2. The van der Waals surface area contributed by atoms with Crippen LogP contribution in [0, 0.1) is 12.8 Å². The van der Waals surface area contributed by atoms with Crippen LogP contribution < -0.4 is 16.3 Å². The lowest BCUT2D eigenvalue weighted by molar-refractivity contribution is -0.122. The number of aromatic amines is 1. The summed E-state index contributed by atoms with van der Waals surface area (Å²) >= 11 is 0. The number of fused-ring (bicyclic) bond motifs is 1. The fourth-order valence-electron chi connectivity index (χ4n) is 2.05. The zero-order valence-electron chi connectivity index (χ0n) is 11.1. The van der Waals surface area contributed by atoms with Crippen LogP contribution in [0.25, 0.3) is 5.65 Å². The number of anilines is 1. The van der Waals surface area contributed by atoms with Gasteiger partial charge in [-0.25, -0.2) is 19.3 Å². The minimum atomic E-state index is -0.298. The molecule has 106 valence electrons. The summed E-state index contributed by atoms with van der Waals surface area (Å²) in [6.07, 6.45) is 2.01. The van der Waals surface area contributed by atoms with Crippen molar-refractivity contribution in [3.63, 3.8) is 0 Å². The molecule has 0 aliphatic heterocycles. The zero-order valence-corrected chi connectivity index (χ0v) is 11.1. The number of amides is 1. The van der Waals surface area contributed by atoms with Crippen molar-refractivity contribution in [2.45, 2.75) is 19.8 Å². The number of H-pyrrole nitrogens is 1. The monoisotopic (exact) mass is 276 g/mol. The molecule has 20 heavy (non-hydrogen) atoms. The van der Waals surface area contributed by atoms with Crippen LogP contribution in [0.1, 0.15) is 18.7 Å². The maximum absolute atomic E-state index is 11.5. The van der Waals surface area contributed by atoms with Gasteiger partial charge in [0.05, 0.1) is 0 Å². The molecule has 1 aliphatic carbocycles. The Labute approximate surface area is 114 Å². The van der Waals surface area contributed by atoms with E-state index >= 15 is 0 Å². The Morgan fingerprint density at radius 1 is 1.50 bits per heavy atom. The predicted octanol–water partition coefficient (Wildman–Crippen LogP) is -0.336. The van der Waals surface area contributed by atoms with Crippen molar-refractivity contribution in [1.29, 1.82) is 0 Å². The lowest BCUT2D eigenvalue weighted by Gasteiger charge is -2.08. The minimum absolute atomic E-state index is 0.130. The average Bonchev–Trinajstić information content (AvgIpc) is 3.19. The molecule has 0 atom stereocenters. The van der Waals surface area contributed by atoms with E-state index in [0.29, 0.717) is 30.4 Å². The number of aromatic nitrogens is 4. The van der Waals surface area contributed by atoms with E-state index < -0.39 is 0 Å². The summed E-state index contributed by atoms with van der Waals surface area (Å²) in [4.78, 5) is 27.2. The van der Waals surface area contributed by atoms with Gasteiger partial charge in [0.25, 0.3) is 0 Å². The molecule has 0 unspecified atom stereocenters. The molecule has 2 heterocycles. The van der Waals surface area contributed by atoms with Gasteiger partial charge in [-0.15, -0.1) is 0 Å². The van der Waals surface area contributed by atoms with Gasteiger partial charge in [0.15, 0.2) is 5.65 Å². The van der Waals surface area contributed by atoms with Crippen LogP contribution in [0.5, 0.6) is 0 Å². The number of nitrogens with one attached hydrogen (secondary N) is 3. The third-order valence-corrected chi connectivity index (χ3v) is 3.25. The largest absolute Gasteiger partial charge is 0.368 e. The summed E-state index contributed by atoms with van der Waals surface area (Å²) in [5, 5.41) is 12.3. The van der Waals surface area contributed by atoms with Crippen LogP contribution in [0.15, 0.2) is 10.9 Å². The molecule has 3 N–H and O–H groups in total. The van der Waals surface area contributed by atoms with E-state index in [4.69, 9.17) is 0 Å². The molecule has 0 aromatic carbocycles. The first kappa shape index (κ1) is 12.6. The molecule has 0 bridgehead atoms. The van der Waals surface area contributed by atoms with Crippen LogP contribution in [0.4, 0.5) is 5.82 Å². The van der Waals surface area contributed by atoms with Crippen LogP contribution >= 0.6 is 0 Å². The van der Waals surface area contributed by atoms with Crippen LogP contribution in [0.3, 0.4) is 0 Å². The van der Waals surface area contributed by atoms with Crippen LogP contribution in [-0.4, -0.2) is 38.6 Å². The molecule has 8 heteroatoms. The summed E-state index contributed by atoms with van der Waals surface area (Å²) < 4.78 is 1.40.